The van der Waals surface area contributed by atoms with Crippen molar-refractivity contribution in [1.29, 1.82) is 0 Å². The number of hydrogen-bond acceptors (Lipinski definition) is 5. The van der Waals surface area contributed by atoms with E-state index in [9.17, 15) is 9.59 Å². The van der Waals surface area contributed by atoms with Gasteiger partial charge in [-0.15, -0.1) is 0 Å². The predicted molar refractivity (Wildman–Crippen MR) is 98.0 cm³/mol. The van der Waals surface area contributed by atoms with Crippen molar-refractivity contribution in [2.45, 2.75) is 20.4 Å². The zero-order chi connectivity index (χ0) is 18.5. The van der Waals surface area contributed by atoms with Crippen molar-refractivity contribution in [3.63, 3.8) is 0 Å². The van der Waals surface area contributed by atoms with Gasteiger partial charge in [-0.1, -0.05) is 6.07 Å². The third kappa shape index (κ3) is 4.01. The van der Waals surface area contributed by atoms with Gasteiger partial charge < -0.3 is 15.1 Å². The Morgan fingerprint density at radius 2 is 1.96 bits per heavy atom. The van der Waals surface area contributed by atoms with Crippen molar-refractivity contribution in [3.8, 4) is 0 Å². The summed E-state index contributed by atoms with van der Waals surface area (Å²) >= 11 is 0. The van der Waals surface area contributed by atoms with Crippen molar-refractivity contribution in [2.24, 2.45) is 0 Å². The van der Waals surface area contributed by atoms with Crippen molar-refractivity contribution < 1.29 is 9.59 Å². The van der Waals surface area contributed by atoms with Gasteiger partial charge >= 0.3 is 0 Å². The summed E-state index contributed by atoms with van der Waals surface area (Å²) in [5, 5.41) is 6.96. The van der Waals surface area contributed by atoms with E-state index < -0.39 is 0 Å². The van der Waals surface area contributed by atoms with Gasteiger partial charge in [-0.2, -0.15) is 5.10 Å². The number of amides is 2. The summed E-state index contributed by atoms with van der Waals surface area (Å²) in [5.74, 6) is 0.585. The second kappa shape index (κ2) is 7.99. The van der Waals surface area contributed by atoms with Gasteiger partial charge in [0.2, 0.25) is 5.91 Å². The third-order valence-corrected chi connectivity index (χ3v) is 4.44. The second-order valence-corrected chi connectivity index (χ2v) is 6.23. The monoisotopic (exact) mass is 356 g/mol. The molecule has 0 unspecified atom stereocenters. The van der Waals surface area contributed by atoms with Crippen LogP contribution in [0.1, 0.15) is 23.1 Å². The lowest BCUT2D eigenvalue weighted by Gasteiger charge is -2.35. The molecule has 0 bridgehead atoms. The molecule has 3 rings (SSSR count). The molecule has 1 saturated heterocycles. The fraction of sp³-hybridized carbons (Fsp3) is 0.444. The molecular formula is C18H24N6O2. The normalized spacial score (nSPS) is 14.4. The summed E-state index contributed by atoms with van der Waals surface area (Å²) in [6.07, 6.45) is 1.77. The number of hydrogen-bond donors (Lipinski definition) is 1. The van der Waals surface area contributed by atoms with E-state index in [0.717, 1.165) is 24.6 Å². The highest BCUT2D eigenvalue weighted by Gasteiger charge is 2.22. The minimum absolute atomic E-state index is 0.00361. The van der Waals surface area contributed by atoms with Crippen LogP contribution in [0, 0.1) is 6.92 Å². The number of nitrogens with one attached hydrogen (secondary N) is 1. The van der Waals surface area contributed by atoms with Gasteiger partial charge in [-0.05, 0) is 32.0 Å². The Morgan fingerprint density at radius 1 is 1.19 bits per heavy atom. The first-order valence-electron chi connectivity index (χ1n) is 8.85. The number of carbonyl (C=O) groups is 2. The molecule has 2 aromatic rings. The molecule has 8 nitrogen and oxygen atoms in total. The standard InChI is InChI=1S/C18H24N6O2/c1-3-24-15(12-14(2)21-24)18(26)20-13-17(25)23-10-8-22(9-11-23)16-6-4-5-7-19-16/h4-7,12H,3,8-11,13H2,1-2H3,(H,20,26). The number of carbonyl (C=O) groups excluding carboxylic acids is 2. The molecule has 2 amide bonds. The summed E-state index contributed by atoms with van der Waals surface area (Å²) in [5.41, 5.74) is 1.27. The van der Waals surface area contributed by atoms with E-state index in [0.29, 0.717) is 25.3 Å². The number of nitrogens with zero attached hydrogens (tertiary/aromatic N) is 5. The lowest BCUT2D eigenvalue weighted by molar-refractivity contribution is -0.130. The molecule has 8 heteroatoms. The average molecular weight is 356 g/mol. The molecule has 0 aliphatic carbocycles. The first kappa shape index (κ1) is 17.9. The van der Waals surface area contributed by atoms with Crippen molar-refractivity contribution in [3.05, 3.63) is 41.9 Å². The smallest absolute Gasteiger partial charge is 0.269 e. The predicted octanol–water partition coefficient (Wildman–Crippen LogP) is 0.685. The molecule has 1 aliphatic rings. The van der Waals surface area contributed by atoms with Crippen LogP contribution in [0.4, 0.5) is 5.82 Å². The van der Waals surface area contributed by atoms with Gasteiger partial charge in [0.15, 0.2) is 0 Å². The van der Waals surface area contributed by atoms with Crippen LogP contribution in [0.5, 0.6) is 0 Å². The Hall–Kier alpha value is -2.90. The van der Waals surface area contributed by atoms with E-state index in [1.807, 2.05) is 32.0 Å². The summed E-state index contributed by atoms with van der Waals surface area (Å²) in [6, 6.07) is 7.54. The molecular weight excluding hydrogens is 332 g/mol. The van der Waals surface area contributed by atoms with E-state index in [4.69, 9.17) is 0 Å². The number of anilines is 1. The molecule has 2 aromatic heterocycles. The van der Waals surface area contributed by atoms with Crippen LogP contribution in [-0.4, -0.2) is 64.2 Å². The fourth-order valence-electron chi connectivity index (χ4n) is 3.05. The van der Waals surface area contributed by atoms with E-state index in [2.05, 4.69) is 20.3 Å². The van der Waals surface area contributed by atoms with Crippen LogP contribution in [0.3, 0.4) is 0 Å². The largest absolute Gasteiger partial charge is 0.353 e. The number of pyridine rings is 1. The summed E-state index contributed by atoms with van der Waals surface area (Å²) in [4.78, 5) is 33.0. The van der Waals surface area contributed by atoms with Gasteiger partial charge in [-0.25, -0.2) is 4.98 Å². The SMILES string of the molecule is CCn1nc(C)cc1C(=O)NCC(=O)N1CCN(c2ccccn2)CC1. The average Bonchev–Trinajstić information content (AvgIpc) is 3.07. The van der Waals surface area contributed by atoms with Gasteiger partial charge in [0, 0.05) is 38.9 Å². The summed E-state index contributed by atoms with van der Waals surface area (Å²) in [6.45, 7) is 7.09. The maximum Gasteiger partial charge on any atom is 0.269 e. The zero-order valence-corrected chi connectivity index (χ0v) is 15.2. The Balaban J connectivity index is 1.49. The lowest BCUT2D eigenvalue weighted by atomic mass is 10.3. The molecule has 3 heterocycles. The Bertz CT molecular complexity index is 765. The van der Waals surface area contributed by atoms with Crippen LogP contribution in [-0.2, 0) is 11.3 Å². The van der Waals surface area contributed by atoms with Crippen molar-refractivity contribution >= 4 is 17.6 Å². The number of aromatic nitrogens is 3. The van der Waals surface area contributed by atoms with Crippen LogP contribution >= 0.6 is 0 Å². The Labute approximate surface area is 152 Å². The molecule has 0 saturated carbocycles. The topological polar surface area (TPSA) is 83.4 Å². The highest BCUT2D eigenvalue weighted by molar-refractivity contribution is 5.95. The molecule has 1 N–H and O–H groups in total. The highest BCUT2D eigenvalue weighted by atomic mass is 16.2. The lowest BCUT2D eigenvalue weighted by Crippen LogP contribution is -2.51. The molecule has 138 valence electrons. The zero-order valence-electron chi connectivity index (χ0n) is 15.2. The van der Waals surface area contributed by atoms with Crippen molar-refractivity contribution in [2.75, 3.05) is 37.6 Å². The van der Waals surface area contributed by atoms with E-state index >= 15 is 0 Å². The van der Waals surface area contributed by atoms with Crippen molar-refractivity contribution in [1.82, 2.24) is 25.0 Å². The fourth-order valence-corrected chi connectivity index (χ4v) is 3.05. The second-order valence-electron chi connectivity index (χ2n) is 6.23. The van der Waals surface area contributed by atoms with Gasteiger partial charge in [0.05, 0.1) is 12.2 Å². The Kier molecular flexibility index (Phi) is 5.50. The number of rotatable bonds is 5. The number of piperazine rings is 1. The van der Waals surface area contributed by atoms with E-state index in [-0.39, 0.29) is 18.4 Å². The van der Waals surface area contributed by atoms with Crippen LogP contribution < -0.4 is 10.2 Å². The molecule has 0 atom stereocenters. The highest BCUT2D eigenvalue weighted by Crippen LogP contribution is 2.12. The van der Waals surface area contributed by atoms with Gasteiger partial charge in [0.1, 0.15) is 11.5 Å². The summed E-state index contributed by atoms with van der Waals surface area (Å²) in [7, 11) is 0. The van der Waals surface area contributed by atoms with E-state index in [1.54, 1.807) is 21.8 Å². The van der Waals surface area contributed by atoms with Crippen LogP contribution in [0.2, 0.25) is 0 Å². The molecule has 1 aliphatic heterocycles. The first-order valence-corrected chi connectivity index (χ1v) is 8.85. The third-order valence-electron chi connectivity index (χ3n) is 4.44. The molecule has 1 fully saturated rings. The molecule has 0 radical (unpaired) electrons. The van der Waals surface area contributed by atoms with Gasteiger partial charge in [-0.3, -0.25) is 14.3 Å². The first-order chi connectivity index (χ1) is 12.6. The quantitative estimate of drug-likeness (QED) is 0.852. The molecule has 0 spiro atoms. The Morgan fingerprint density at radius 3 is 2.62 bits per heavy atom. The minimum atomic E-state index is -0.270. The van der Waals surface area contributed by atoms with E-state index in [1.165, 1.54) is 0 Å². The maximum absolute atomic E-state index is 12.4. The summed E-state index contributed by atoms with van der Waals surface area (Å²) < 4.78 is 1.64. The van der Waals surface area contributed by atoms with Gasteiger partial charge in [0.25, 0.3) is 5.91 Å². The van der Waals surface area contributed by atoms with Crippen LogP contribution in [0.15, 0.2) is 30.5 Å². The molecule has 0 aromatic carbocycles. The van der Waals surface area contributed by atoms with Crippen LogP contribution in [0.25, 0.3) is 0 Å². The maximum atomic E-state index is 12.4. The number of aryl methyl sites for hydroxylation is 2. The molecule has 26 heavy (non-hydrogen) atoms. The minimum Gasteiger partial charge on any atom is -0.353 e.